The molecule has 0 bridgehead atoms. The SMILES string of the molecule is CC1=Cc2c(-c3ccc(C(C)(C)C)cc3)cccc2[CH]1[Zr]([CH3])(=[SiH2])([c]1ccccc1)[CH]1C(C(C)C)=Cc2c(-c3ccc(C(C)(C)C)cc3)cccc21.Cl.Cl. The minimum Gasteiger partial charge on any atom is -0.147 e. The zero-order valence-electron chi connectivity index (χ0n) is 33.4. The predicted octanol–water partition coefficient (Wildman–Crippen LogP) is 13.3. The number of hydrogen-bond donors (Lipinski definition) is 0. The molecule has 0 saturated carbocycles. The molecule has 0 aliphatic heterocycles. The molecule has 0 spiro atoms. The maximum Gasteiger partial charge on any atom is -0.147 e. The Morgan fingerprint density at radius 3 is 1.42 bits per heavy atom. The fourth-order valence-electron chi connectivity index (χ4n) is 9.66. The van der Waals surface area contributed by atoms with E-state index in [0.29, 0.717) is 13.2 Å². The Kier molecular flexibility index (Phi) is 11.5. The Hall–Kier alpha value is -2.74. The Morgan fingerprint density at radius 1 is 0.547 bits per heavy atom. The van der Waals surface area contributed by atoms with E-state index in [1.165, 1.54) is 55.6 Å². The number of fused-ring (bicyclic) bond motifs is 2. The van der Waals surface area contributed by atoms with Crippen LogP contribution in [0.2, 0.25) is 4.63 Å². The second-order valence-corrected chi connectivity index (χ2v) is 44.7. The second-order valence-electron chi connectivity index (χ2n) is 18.4. The molecular weight excluding hydrogens is 779 g/mol. The summed E-state index contributed by atoms with van der Waals surface area (Å²) >= 11 is -4.23. The molecular formula is C49H58Cl2SiZr. The molecule has 0 saturated heterocycles. The molecule has 2 atom stereocenters. The van der Waals surface area contributed by atoms with Crippen LogP contribution in [0.4, 0.5) is 0 Å². The summed E-state index contributed by atoms with van der Waals surface area (Å²) in [7, 11) is 0. The van der Waals surface area contributed by atoms with E-state index in [1.807, 2.05) is 0 Å². The van der Waals surface area contributed by atoms with Crippen LogP contribution in [-0.4, -0.2) is 6.88 Å². The van der Waals surface area contributed by atoms with E-state index in [1.54, 1.807) is 14.4 Å². The van der Waals surface area contributed by atoms with Crippen LogP contribution in [0.25, 0.3) is 34.4 Å². The van der Waals surface area contributed by atoms with Crippen molar-refractivity contribution in [2.75, 3.05) is 0 Å². The first kappa shape index (κ1) is 41.4. The first-order chi connectivity index (χ1) is 24.0. The molecule has 0 radical (unpaired) electrons. The molecule has 4 heteroatoms. The molecule has 0 fully saturated rings. The predicted molar refractivity (Wildman–Crippen MR) is 238 cm³/mol. The van der Waals surface area contributed by atoms with E-state index < -0.39 is 17.4 Å². The third-order valence-electron chi connectivity index (χ3n) is 12.4. The van der Waals surface area contributed by atoms with Gasteiger partial charge in [-0.2, -0.15) is 0 Å². The van der Waals surface area contributed by atoms with Crippen LogP contribution >= 0.6 is 24.8 Å². The van der Waals surface area contributed by atoms with Crippen molar-refractivity contribution >= 4 is 47.1 Å². The molecule has 2 aliphatic carbocycles. The van der Waals surface area contributed by atoms with Crippen LogP contribution in [0, 0.1) is 5.92 Å². The van der Waals surface area contributed by atoms with Gasteiger partial charge in [0.2, 0.25) is 0 Å². The van der Waals surface area contributed by atoms with Gasteiger partial charge in [-0.1, -0.05) is 0 Å². The maximum absolute atomic E-state index is 4.23. The van der Waals surface area contributed by atoms with Crippen molar-refractivity contribution in [1.29, 1.82) is 0 Å². The van der Waals surface area contributed by atoms with Crippen LogP contribution < -0.4 is 3.27 Å². The number of hydrogen-bond acceptors (Lipinski definition) is 0. The summed E-state index contributed by atoms with van der Waals surface area (Å²) < 4.78 is 5.19. The van der Waals surface area contributed by atoms with E-state index in [2.05, 4.69) is 201 Å². The zero-order chi connectivity index (χ0) is 36.5. The minimum atomic E-state index is -4.23. The summed E-state index contributed by atoms with van der Waals surface area (Å²) in [6, 6.07) is 44.8. The first-order valence-corrected chi connectivity index (χ1v) is 31.4. The van der Waals surface area contributed by atoms with Gasteiger partial charge in [-0.3, -0.25) is 0 Å². The van der Waals surface area contributed by atoms with E-state index in [4.69, 9.17) is 0 Å². The zero-order valence-corrected chi connectivity index (χ0v) is 38.9. The fraction of sp³-hybridized carbons (Fsp3) is 0.306. The number of rotatable bonds is 6. The van der Waals surface area contributed by atoms with Crippen LogP contribution in [0.5, 0.6) is 0 Å². The molecule has 5 aromatic carbocycles. The third kappa shape index (κ3) is 7.01. The fourth-order valence-corrected chi connectivity index (χ4v) is 34.4. The second kappa shape index (κ2) is 14.7. The summed E-state index contributed by atoms with van der Waals surface area (Å²) in [6.07, 6.45) is 5.18. The molecule has 0 N–H and O–H groups in total. The molecule has 7 rings (SSSR count). The Bertz CT molecular complexity index is 2260. The molecule has 5 aromatic rings. The smallest absolute Gasteiger partial charge is 0.147 e. The van der Waals surface area contributed by atoms with E-state index in [0.717, 1.165) is 0 Å². The molecule has 276 valence electrons. The van der Waals surface area contributed by atoms with Gasteiger partial charge in [-0.05, 0) is 0 Å². The van der Waals surface area contributed by atoms with Gasteiger partial charge in [0.25, 0.3) is 0 Å². The normalized spacial score (nSPS) is 17.0. The Morgan fingerprint density at radius 2 is 0.981 bits per heavy atom. The Balaban J connectivity index is 0.00000271. The number of benzene rings is 5. The molecule has 53 heavy (non-hydrogen) atoms. The van der Waals surface area contributed by atoms with Crippen LogP contribution in [0.3, 0.4) is 0 Å². The topological polar surface area (TPSA) is 0 Å². The van der Waals surface area contributed by atoms with Gasteiger partial charge in [0.1, 0.15) is 0 Å². The van der Waals surface area contributed by atoms with Crippen LogP contribution in [0.1, 0.15) is 103 Å². The van der Waals surface area contributed by atoms with E-state index in [-0.39, 0.29) is 35.6 Å². The van der Waals surface area contributed by atoms with Gasteiger partial charge in [-0.25, -0.2) is 0 Å². The van der Waals surface area contributed by atoms with Crippen LogP contribution in [0.15, 0.2) is 126 Å². The quantitative estimate of drug-likeness (QED) is 0.150. The molecule has 0 heterocycles. The van der Waals surface area contributed by atoms with Crippen LogP contribution in [-0.2, 0) is 28.2 Å². The van der Waals surface area contributed by atoms with E-state index in [9.17, 15) is 0 Å². The van der Waals surface area contributed by atoms with Crippen molar-refractivity contribution in [2.45, 2.75) is 85.0 Å². The maximum atomic E-state index is 2.80. The average molecular weight is 837 g/mol. The van der Waals surface area contributed by atoms with Gasteiger partial charge in [0.05, 0.1) is 0 Å². The van der Waals surface area contributed by atoms with Crippen molar-refractivity contribution in [1.82, 2.24) is 0 Å². The summed E-state index contributed by atoms with van der Waals surface area (Å²) in [5, 5.41) is 0. The van der Waals surface area contributed by atoms with Crippen molar-refractivity contribution in [3.8, 4) is 22.3 Å². The monoisotopic (exact) mass is 834 g/mol. The summed E-state index contributed by atoms with van der Waals surface area (Å²) in [5.74, 6) is 0.442. The summed E-state index contributed by atoms with van der Waals surface area (Å²) in [4.78, 5) is 0. The Labute approximate surface area is 334 Å². The summed E-state index contributed by atoms with van der Waals surface area (Å²) in [5.41, 5.74) is 17.4. The van der Waals surface area contributed by atoms with Crippen molar-refractivity contribution in [3.63, 3.8) is 0 Å². The molecule has 2 aliphatic rings. The summed E-state index contributed by atoms with van der Waals surface area (Å²) in [6.45, 7) is 23.5. The number of halogens is 2. The van der Waals surface area contributed by atoms with Crippen molar-refractivity contribution in [3.05, 3.63) is 160 Å². The third-order valence-corrected chi connectivity index (χ3v) is 35.9. The van der Waals surface area contributed by atoms with Crippen molar-refractivity contribution in [2.24, 2.45) is 5.92 Å². The van der Waals surface area contributed by atoms with Gasteiger partial charge in [-0.15, -0.1) is 24.8 Å². The van der Waals surface area contributed by atoms with Crippen molar-refractivity contribution < 1.29 is 17.4 Å². The van der Waals surface area contributed by atoms with E-state index >= 15 is 0 Å². The minimum absolute atomic E-state index is 0. The largest absolute Gasteiger partial charge is 0.147 e. The van der Waals surface area contributed by atoms with Gasteiger partial charge in [0, 0.05) is 0 Å². The molecule has 0 amide bonds. The van der Waals surface area contributed by atoms with Gasteiger partial charge >= 0.3 is 313 Å². The standard InChI is InChI=1S/C22H25.C20H21.C6H5.CH3.2ClH.H2Si.Zr/c1-15(2)18-13-17-7-6-8-20(21(17)14-18)16-9-11-19(12-10-16)22(3,4)5;1-14-12-16-6-5-7-18(19(16)13-14)15-8-10-17(11-9-15)20(2,3)4;1-2-4-6-5-3-1;;;;;/h6-15H,1-5H3;5-13H,1-4H3;1-5H;1H3;2*1H;1H2;. The molecule has 2 unspecified atom stereocenters. The first-order valence-electron chi connectivity index (χ1n) is 19.0. The number of allylic oxidation sites excluding steroid dienone is 2. The molecule has 0 nitrogen and oxygen atoms in total. The van der Waals surface area contributed by atoms with Gasteiger partial charge in [0.15, 0.2) is 0 Å². The average Bonchev–Trinajstić information content (AvgIpc) is 3.67. The molecule has 0 aromatic heterocycles. The van der Waals surface area contributed by atoms with Gasteiger partial charge < -0.3 is 0 Å².